The van der Waals surface area contributed by atoms with Crippen LogP contribution < -0.4 is 5.73 Å². The molecule has 0 radical (unpaired) electrons. The minimum absolute atomic E-state index is 0.0673. The number of halogens is 1. The third-order valence-corrected chi connectivity index (χ3v) is 2.42. The second kappa shape index (κ2) is 3.55. The van der Waals surface area contributed by atoms with E-state index < -0.39 is 5.82 Å². The van der Waals surface area contributed by atoms with Gasteiger partial charge < -0.3 is 10.2 Å². The smallest absolute Gasteiger partial charge is 0.231 e. The fourth-order valence-corrected chi connectivity index (χ4v) is 1.60. The molecule has 0 aliphatic heterocycles. The Morgan fingerprint density at radius 1 is 1.18 bits per heavy atom. The number of rotatable bonds is 1. The topological polar surface area (TPSA) is 64.9 Å². The maximum absolute atomic E-state index is 13.8. The predicted octanol–water partition coefficient (Wildman–Crippen LogP) is 2.61. The molecule has 3 rings (SSSR count). The van der Waals surface area contributed by atoms with Crippen molar-refractivity contribution < 1.29 is 8.81 Å². The van der Waals surface area contributed by atoms with Crippen molar-refractivity contribution in [2.75, 3.05) is 5.73 Å². The van der Waals surface area contributed by atoms with E-state index in [1.807, 2.05) is 0 Å². The largest absolute Gasteiger partial charge is 0.434 e. The number of oxazole rings is 1. The van der Waals surface area contributed by atoms with Crippen LogP contribution in [0.4, 0.5) is 10.1 Å². The number of pyridine rings is 1. The van der Waals surface area contributed by atoms with E-state index in [1.165, 1.54) is 6.07 Å². The summed E-state index contributed by atoms with van der Waals surface area (Å²) < 4.78 is 19.2. The summed E-state index contributed by atoms with van der Waals surface area (Å²) >= 11 is 0. The molecule has 0 bridgehead atoms. The molecule has 0 saturated carbocycles. The van der Waals surface area contributed by atoms with Gasteiger partial charge in [0.15, 0.2) is 17.0 Å². The zero-order chi connectivity index (χ0) is 11.8. The molecule has 2 aromatic heterocycles. The second-order valence-corrected chi connectivity index (χ2v) is 3.55. The molecule has 4 nitrogen and oxygen atoms in total. The molecule has 3 aromatic rings. The third-order valence-electron chi connectivity index (χ3n) is 2.42. The Balaban J connectivity index is 2.24. The number of nitrogens with zero attached hydrogens (tertiary/aromatic N) is 2. The summed E-state index contributed by atoms with van der Waals surface area (Å²) in [7, 11) is 0. The fourth-order valence-electron chi connectivity index (χ4n) is 1.60. The maximum atomic E-state index is 13.8. The maximum Gasteiger partial charge on any atom is 0.231 e. The molecule has 17 heavy (non-hydrogen) atoms. The van der Waals surface area contributed by atoms with Crippen LogP contribution in [0.5, 0.6) is 0 Å². The standard InChI is InChI=1S/C12H8FN3O/c13-10-7(3-1-4-8(10)14)12-16-11-9(17-12)5-2-6-15-11/h1-6H,14H2. The number of hydrogen-bond acceptors (Lipinski definition) is 4. The first kappa shape index (κ1) is 9.77. The lowest BCUT2D eigenvalue weighted by molar-refractivity contribution is 0.595. The number of aromatic nitrogens is 2. The van der Waals surface area contributed by atoms with E-state index in [-0.39, 0.29) is 17.1 Å². The molecule has 84 valence electrons. The highest BCUT2D eigenvalue weighted by atomic mass is 19.1. The van der Waals surface area contributed by atoms with Crippen molar-refractivity contribution in [1.82, 2.24) is 9.97 Å². The van der Waals surface area contributed by atoms with E-state index >= 15 is 0 Å². The van der Waals surface area contributed by atoms with Gasteiger partial charge in [-0.05, 0) is 24.3 Å². The van der Waals surface area contributed by atoms with E-state index in [4.69, 9.17) is 10.2 Å². The average molecular weight is 229 g/mol. The summed E-state index contributed by atoms with van der Waals surface area (Å²) in [5.41, 5.74) is 6.76. The van der Waals surface area contributed by atoms with Crippen LogP contribution in [0.2, 0.25) is 0 Å². The Labute approximate surface area is 95.9 Å². The summed E-state index contributed by atoms with van der Waals surface area (Å²) in [5.74, 6) is -0.345. The van der Waals surface area contributed by atoms with Crippen molar-refractivity contribution >= 4 is 16.9 Å². The van der Waals surface area contributed by atoms with Gasteiger partial charge in [-0.3, -0.25) is 0 Å². The minimum atomic E-state index is -0.529. The highest BCUT2D eigenvalue weighted by Crippen LogP contribution is 2.27. The molecule has 0 atom stereocenters. The van der Waals surface area contributed by atoms with Crippen LogP contribution in [0.15, 0.2) is 40.9 Å². The van der Waals surface area contributed by atoms with Gasteiger partial charge in [0.25, 0.3) is 0 Å². The molecule has 0 amide bonds. The van der Waals surface area contributed by atoms with Gasteiger partial charge in [0.1, 0.15) is 0 Å². The van der Waals surface area contributed by atoms with Crippen LogP contribution in [-0.4, -0.2) is 9.97 Å². The van der Waals surface area contributed by atoms with E-state index in [0.717, 1.165) is 0 Å². The van der Waals surface area contributed by atoms with E-state index in [9.17, 15) is 4.39 Å². The summed E-state index contributed by atoms with van der Waals surface area (Å²) in [6.07, 6.45) is 1.60. The number of benzene rings is 1. The van der Waals surface area contributed by atoms with E-state index in [0.29, 0.717) is 11.2 Å². The van der Waals surface area contributed by atoms with Gasteiger partial charge >= 0.3 is 0 Å². The number of nitrogens with two attached hydrogens (primary N) is 1. The number of fused-ring (bicyclic) bond motifs is 1. The molecule has 2 heterocycles. The molecule has 0 spiro atoms. The first-order chi connectivity index (χ1) is 8.25. The van der Waals surface area contributed by atoms with Gasteiger partial charge in [0, 0.05) is 6.20 Å². The molecule has 2 N–H and O–H groups in total. The van der Waals surface area contributed by atoms with Crippen LogP contribution in [0.1, 0.15) is 0 Å². The molecule has 0 aliphatic carbocycles. The van der Waals surface area contributed by atoms with E-state index in [1.54, 1.807) is 30.5 Å². The van der Waals surface area contributed by atoms with Gasteiger partial charge in [0.05, 0.1) is 11.3 Å². The zero-order valence-corrected chi connectivity index (χ0v) is 8.72. The van der Waals surface area contributed by atoms with Crippen molar-refractivity contribution in [2.24, 2.45) is 0 Å². The van der Waals surface area contributed by atoms with Crippen LogP contribution in [0.25, 0.3) is 22.7 Å². The Bertz CT molecular complexity index is 660. The van der Waals surface area contributed by atoms with Gasteiger partial charge in [-0.1, -0.05) is 6.07 Å². The molecule has 0 unspecified atom stereocenters. The number of nitrogen functional groups attached to an aromatic ring is 1. The molecule has 0 saturated heterocycles. The van der Waals surface area contributed by atoms with E-state index in [2.05, 4.69) is 9.97 Å². The molecule has 5 heteroatoms. The molecule has 0 aliphatic rings. The lowest BCUT2D eigenvalue weighted by Gasteiger charge is -2.00. The molecule has 1 aromatic carbocycles. The SMILES string of the molecule is Nc1cccc(-c2nc3ncccc3o2)c1F. The molecular weight excluding hydrogens is 221 g/mol. The summed E-state index contributed by atoms with van der Waals surface area (Å²) in [4.78, 5) is 8.13. The molecular formula is C12H8FN3O. The lowest BCUT2D eigenvalue weighted by Crippen LogP contribution is -1.92. The Kier molecular flexibility index (Phi) is 2.04. The van der Waals surface area contributed by atoms with Crippen molar-refractivity contribution in [3.63, 3.8) is 0 Å². The van der Waals surface area contributed by atoms with Gasteiger partial charge in [0.2, 0.25) is 5.89 Å². The number of anilines is 1. The summed E-state index contributed by atoms with van der Waals surface area (Å²) in [6.45, 7) is 0. The van der Waals surface area contributed by atoms with Crippen molar-refractivity contribution in [3.05, 3.63) is 42.3 Å². The molecule has 0 fully saturated rings. The predicted molar refractivity (Wildman–Crippen MR) is 61.6 cm³/mol. The fraction of sp³-hybridized carbons (Fsp3) is 0. The van der Waals surface area contributed by atoms with Crippen molar-refractivity contribution in [2.45, 2.75) is 0 Å². The van der Waals surface area contributed by atoms with Crippen LogP contribution >= 0.6 is 0 Å². The van der Waals surface area contributed by atoms with Crippen LogP contribution in [-0.2, 0) is 0 Å². The summed E-state index contributed by atoms with van der Waals surface area (Å²) in [6, 6.07) is 8.15. The minimum Gasteiger partial charge on any atom is -0.434 e. The highest BCUT2D eigenvalue weighted by molar-refractivity contribution is 5.73. The second-order valence-electron chi connectivity index (χ2n) is 3.55. The summed E-state index contributed by atoms with van der Waals surface area (Å²) in [5, 5.41) is 0. The van der Waals surface area contributed by atoms with Gasteiger partial charge in [-0.2, -0.15) is 4.98 Å². The normalized spacial score (nSPS) is 10.9. The highest BCUT2D eigenvalue weighted by Gasteiger charge is 2.14. The zero-order valence-electron chi connectivity index (χ0n) is 8.72. The first-order valence-corrected chi connectivity index (χ1v) is 5.01. The lowest BCUT2D eigenvalue weighted by atomic mass is 10.2. The van der Waals surface area contributed by atoms with Gasteiger partial charge in [-0.15, -0.1) is 0 Å². The van der Waals surface area contributed by atoms with Crippen LogP contribution in [0, 0.1) is 5.82 Å². The third kappa shape index (κ3) is 1.52. The quantitative estimate of drug-likeness (QED) is 0.651. The monoisotopic (exact) mass is 229 g/mol. The van der Waals surface area contributed by atoms with Crippen molar-refractivity contribution in [1.29, 1.82) is 0 Å². The Morgan fingerprint density at radius 3 is 2.88 bits per heavy atom. The number of hydrogen-bond donors (Lipinski definition) is 1. The van der Waals surface area contributed by atoms with Crippen LogP contribution in [0.3, 0.4) is 0 Å². The van der Waals surface area contributed by atoms with Gasteiger partial charge in [-0.25, -0.2) is 9.37 Å². The first-order valence-electron chi connectivity index (χ1n) is 5.01. The van der Waals surface area contributed by atoms with Crippen molar-refractivity contribution in [3.8, 4) is 11.5 Å². The average Bonchev–Trinajstić information content (AvgIpc) is 2.76. The Morgan fingerprint density at radius 2 is 2.06 bits per heavy atom. The Hall–Kier alpha value is -2.43.